The summed E-state index contributed by atoms with van der Waals surface area (Å²) in [7, 11) is 0. The van der Waals surface area contributed by atoms with Gasteiger partial charge in [0.05, 0.1) is 0 Å². The number of nitrogens with one attached hydrogen (secondary N) is 1. The molecule has 0 spiro atoms. The van der Waals surface area contributed by atoms with Crippen LogP contribution in [0.1, 0.15) is 31.9 Å². The van der Waals surface area contributed by atoms with E-state index in [2.05, 4.69) is 19.2 Å². The first-order chi connectivity index (χ1) is 7.83. The van der Waals surface area contributed by atoms with Crippen molar-refractivity contribution < 1.29 is 4.74 Å². The summed E-state index contributed by atoms with van der Waals surface area (Å²) in [5, 5.41) is 11.9. The van der Waals surface area contributed by atoms with Crippen LogP contribution in [-0.2, 0) is 0 Å². The Bertz CT molecular complexity index is 357. The van der Waals surface area contributed by atoms with E-state index in [1.54, 1.807) is 0 Å². The third-order valence-electron chi connectivity index (χ3n) is 2.45. The van der Waals surface area contributed by atoms with E-state index < -0.39 is 0 Å². The summed E-state index contributed by atoms with van der Waals surface area (Å²) in [5.41, 5.74) is 1.13. The molecule has 1 N–H and O–H groups in total. The molecule has 1 aromatic carbocycles. The van der Waals surface area contributed by atoms with Crippen LogP contribution in [0.15, 0.2) is 24.3 Å². The Labute approximate surface area is 97.0 Å². The molecule has 0 saturated carbocycles. The lowest BCUT2D eigenvalue weighted by molar-refractivity contribution is 0.356. The minimum atomic E-state index is 0.0968. The van der Waals surface area contributed by atoms with Crippen LogP contribution in [0, 0.1) is 11.3 Å². The Morgan fingerprint density at radius 2 is 2.12 bits per heavy atom. The topological polar surface area (TPSA) is 45.0 Å². The van der Waals surface area contributed by atoms with E-state index >= 15 is 0 Å². The summed E-state index contributed by atoms with van der Waals surface area (Å²) in [5.74, 6) is 0.803. The van der Waals surface area contributed by atoms with Crippen LogP contribution in [0.5, 0.6) is 5.75 Å². The fraction of sp³-hybridized carbons (Fsp3) is 0.462. The molecular weight excluding hydrogens is 200 g/mol. The molecule has 0 aromatic heterocycles. The molecule has 1 aromatic rings. The van der Waals surface area contributed by atoms with Gasteiger partial charge in [-0.3, -0.25) is 0 Å². The zero-order valence-corrected chi connectivity index (χ0v) is 9.86. The van der Waals surface area contributed by atoms with Gasteiger partial charge in [0, 0.05) is 11.6 Å². The molecule has 3 heteroatoms. The Balaban J connectivity index is 2.87. The Kier molecular flexibility index (Phi) is 5.38. The summed E-state index contributed by atoms with van der Waals surface area (Å²) < 4.78 is 5.41. The van der Waals surface area contributed by atoms with Gasteiger partial charge in [-0.2, -0.15) is 5.26 Å². The number of hydrogen-bond acceptors (Lipinski definition) is 3. The second-order valence-electron chi connectivity index (χ2n) is 3.50. The SMILES string of the molecule is CCNC(CC)c1ccccc1OCC#N. The van der Waals surface area contributed by atoms with E-state index in [0.717, 1.165) is 24.3 Å². The molecule has 0 radical (unpaired) electrons. The largest absolute Gasteiger partial charge is 0.478 e. The van der Waals surface area contributed by atoms with Crippen LogP contribution >= 0.6 is 0 Å². The number of hydrogen-bond donors (Lipinski definition) is 1. The normalized spacial score (nSPS) is 11.8. The molecule has 3 nitrogen and oxygen atoms in total. The van der Waals surface area contributed by atoms with Crippen molar-refractivity contribution in [3.8, 4) is 11.8 Å². The predicted molar refractivity (Wildman–Crippen MR) is 64.3 cm³/mol. The number of nitriles is 1. The maximum atomic E-state index is 8.53. The third-order valence-corrected chi connectivity index (χ3v) is 2.45. The average Bonchev–Trinajstić information content (AvgIpc) is 2.34. The van der Waals surface area contributed by atoms with E-state index in [-0.39, 0.29) is 6.61 Å². The summed E-state index contributed by atoms with van der Waals surface area (Å²) >= 11 is 0. The summed E-state index contributed by atoms with van der Waals surface area (Å²) in [6, 6.07) is 10.2. The quantitative estimate of drug-likeness (QED) is 0.798. The maximum absolute atomic E-state index is 8.53. The van der Waals surface area contributed by atoms with Crippen molar-refractivity contribution in [3.05, 3.63) is 29.8 Å². The van der Waals surface area contributed by atoms with Crippen LogP contribution in [0.3, 0.4) is 0 Å². The summed E-state index contributed by atoms with van der Waals surface area (Å²) in [6.07, 6.45) is 1.00. The van der Waals surface area contributed by atoms with Gasteiger partial charge in [-0.1, -0.05) is 32.0 Å². The molecule has 0 aliphatic heterocycles. The first-order valence-corrected chi connectivity index (χ1v) is 5.65. The molecule has 0 bridgehead atoms. The predicted octanol–water partition coefficient (Wildman–Crippen LogP) is 2.65. The van der Waals surface area contributed by atoms with Gasteiger partial charge in [-0.25, -0.2) is 0 Å². The van der Waals surface area contributed by atoms with Gasteiger partial charge in [0.25, 0.3) is 0 Å². The molecule has 16 heavy (non-hydrogen) atoms. The molecule has 0 aliphatic rings. The lowest BCUT2D eigenvalue weighted by Crippen LogP contribution is -2.20. The van der Waals surface area contributed by atoms with Crippen molar-refractivity contribution in [2.75, 3.05) is 13.2 Å². The standard InChI is InChI=1S/C13H18N2O/c1-3-12(15-4-2)11-7-5-6-8-13(11)16-10-9-14/h5-8,12,15H,3-4,10H2,1-2H3. The average molecular weight is 218 g/mol. The Morgan fingerprint density at radius 1 is 1.38 bits per heavy atom. The van der Waals surface area contributed by atoms with Crippen LogP contribution in [0.4, 0.5) is 0 Å². The Morgan fingerprint density at radius 3 is 2.75 bits per heavy atom. The number of ether oxygens (including phenoxy) is 1. The molecule has 86 valence electrons. The van der Waals surface area contributed by atoms with Gasteiger partial charge in [0.2, 0.25) is 0 Å². The molecule has 0 aliphatic carbocycles. The third kappa shape index (κ3) is 3.25. The molecule has 0 heterocycles. The van der Waals surface area contributed by atoms with Gasteiger partial charge in [0.1, 0.15) is 11.8 Å². The van der Waals surface area contributed by atoms with Gasteiger partial charge in [-0.15, -0.1) is 0 Å². The summed E-state index contributed by atoms with van der Waals surface area (Å²) in [6.45, 7) is 5.24. The van der Waals surface area contributed by atoms with Crippen molar-refractivity contribution in [2.45, 2.75) is 26.3 Å². The number of benzene rings is 1. The van der Waals surface area contributed by atoms with Crippen molar-refractivity contribution in [1.29, 1.82) is 5.26 Å². The van der Waals surface area contributed by atoms with Crippen molar-refractivity contribution in [1.82, 2.24) is 5.32 Å². The molecular formula is C13H18N2O. The van der Waals surface area contributed by atoms with E-state index in [1.165, 1.54) is 0 Å². The molecule has 1 unspecified atom stereocenters. The molecule has 0 fully saturated rings. The minimum absolute atomic E-state index is 0.0968. The maximum Gasteiger partial charge on any atom is 0.174 e. The van der Waals surface area contributed by atoms with Crippen molar-refractivity contribution >= 4 is 0 Å². The highest BCUT2D eigenvalue weighted by molar-refractivity contribution is 5.36. The van der Waals surface area contributed by atoms with Gasteiger partial charge >= 0.3 is 0 Å². The second-order valence-corrected chi connectivity index (χ2v) is 3.50. The highest BCUT2D eigenvalue weighted by Crippen LogP contribution is 2.26. The lowest BCUT2D eigenvalue weighted by atomic mass is 10.0. The fourth-order valence-electron chi connectivity index (χ4n) is 1.73. The molecule has 1 atom stereocenters. The first kappa shape index (κ1) is 12.5. The van der Waals surface area contributed by atoms with E-state index in [9.17, 15) is 0 Å². The molecule has 0 amide bonds. The highest BCUT2D eigenvalue weighted by Gasteiger charge is 2.12. The zero-order chi connectivity index (χ0) is 11.8. The van der Waals surface area contributed by atoms with Crippen LogP contribution < -0.4 is 10.1 Å². The van der Waals surface area contributed by atoms with Crippen LogP contribution in [-0.4, -0.2) is 13.2 Å². The van der Waals surface area contributed by atoms with Gasteiger partial charge in [-0.05, 0) is 19.0 Å². The van der Waals surface area contributed by atoms with Crippen molar-refractivity contribution in [2.24, 2.45) is 0 Å². The van der Waals surface area contributed by atoms with Crippen LogP contribution in [0.2, 0.25) is 0 Å². The number of nitrogens with zero attached hydrogens (tertiary/aromatic N) is 1. The second kappa shape index (κ2) is 6.86. The molecule has 1 rings (SSSR count). The van der Waals surface area contributed by atoms with Crippen molar-refractivity contribution in [3.63, 3.8) is 0 Å². The monoisotopic (exact) mass is 218 g/mol. The van der Waals surface area contributed by atoms with E-state index in [4.69, 9.17) is 10.00 Å². The minimum Gasteiger partial charge on any atom is -0.478 e. The number of rotatable bonds is 6. The smallest absolute Gasteiger partial charge is 0.174 e. The highest BCUT2D eigenvalue weighted by atomic mass is 16.5. The van der Waals surface area contributed by atoms with Gasteiger partial charge < -0.3 is 10.1 Å². The lowest BCUT2D eigenvalue weighted by Gasteiger charge is -2.19. The van der Waals surface area contributed by atoms with E-state index in [0.29, 0.717) is 6.04 Å². The molecule has 0 saturated heterocycles. The first-order valence-electron chi connectivity index (χ1n) is 5.65. The summed E-state index contributed by atoms with van der Waals surface area (Å²) in [4.78, 5) is 0. The Hall–Kier alpha value is -1.53. The van der Waals surface area contributed by atoms with E-state index in [1.807, 2.05) is 30.3 Å². The van der Waals surface area contributed by atoms with Crippen LogP contribution in [0.25, 0.3) is 0 Å². The van der Waals surface area contributed by atoms with Gasteiger partial charge in [0.15, 0.2) is 6.61 Å². The fourth-order valence-corrected chi connectivity index (χ4v) is 1.73. The number of para-hydroxylation sites is 1. The zero-order valence-electron chi connectivity index (χ0n) is 9.86.